The van der Waals surface area contributed by atoms with E-state index < -0.39 is 0 Å². The van der Waals surface area contributed by atoms with Crippen LogP contribution in [0.2, 0.25) is 0 Å². The topological polar surface area (TPSA) is 79.2 Å². The zero-order valence-corrected chi connectivity index (χ0v) is 11.7. The van der Waals surface area contributed by atoms with E-state index in [2.05, 4.69) is 15.7 Å². The van der Waals surface area contributed by atoms with Crippen LogP contribution in [0.25, 0.3) is 0 Å². The molecule has 1 aliphatic heterocycles. The summed E-state index contributed by atoms with van der Waals surface area (Å²) in [6.07, 6.45) is 1.37. The number of carbonyl (C=O) groups excluding carboxylic acids is 1. The standard InChI is InChI=1S/C13H22N4O2/c1-8(2)12-10(7-17(3)16-12)13(19)15-5-9-4-14-6-11(9)18/h7-9,11,14,18H,4-6H2,1-3H3,(H,15,19). The van der Waals surface area contributed by atoms with Gasteiger partial charge in [-0.05, 0) is 5.92 Å². The molecule has 1 fully saturated rings. The Hall–Kier alpha value is -1.40. The third-order valence-corrected chi connectivity index (χ3v) is 3.48. The highest BCUT2D eigenvalue weighted by molar-refractivity contribution is 5.95. The highest BCUT2D eigenvalue weighted by Gasteiger charge is 2.26. The third-order valence-electron chi connectivity index (χ3n) is 3.48. The Bertz CT molecular complexity index is 455. The fourth-order valence-electron chi connectivity index (χ4n) is 2.35. The Kier molecular flexibility index (Phi) is 4.21. The smallest absolute Gasteiger partial charge is 0.254 e. The molecule has 0 aromatic carbocycles. The molecule has 6 nitrogen and oxygen atoms in total. The van der Waals surface area contributed by atoms with Crippen LogP contribution >= 0.6 is 0 Å². The van der Waals surface area contributed by atoms with Gasteiger partial charge in [0, 0.05) is 38.8 Å². The van der Waals surface area contributed by atoms with E-state index >= 15 is 0 Å². The monoisotopic (exact) mass is 266 g/mol. The number of rotatable bonds is 4. The molecule has 1 aromatic heterocycles. The third kappa shape index (κ3) is 3.13. The minimum absolute atomic E-state index is 0.0862. The maximum atomic E-state index is 12.2. The van der Waals surface area contributed by atoms with Gasteiger partial charge in [0.1, 0.15) is 0 Å². The summed E-state index contributed by atoms with van der Waals surface area (Å²) < 4.78 is 1.66. The quantitative estimate of drug-likeness (QED) is 0.708. The molecule has 2 heterocycles. The molecule has 106 valence electrons. The van der Waals surface area contributed by atoms with Gasteiger partial charge in [-0.2, -0.15) is 5.10 Å². The fourth-order valence-corrected chi connectivity index (χ4v) is 2.35. The molecule has 0 spiro atoms. The van der Waals surface area contributed by atoms with Crippen molar-refractivity contribution in [2.75, 3.05) is 19.6 Å². The molecule has 1 saturated heterocycles. The number of aromatic nitrogens is 2. The van der Waals surface area contributed by atoms with E-state index in [0.717, 1.165) is 12.2 Å². The number of nitrogens with zero attached hydrogens (tertiary/aromatic N) is 2. The van der Waals surface area contributed by atoms with Gasteiger partial charge in [-0.25, -0.2) is 0 Å². The molecule has 2 unspecified atom stereocenters. The van der Waals surface area contributed by atoms with Gasteiger partial charge in [0.2, 0.25) is 0 Å². The highest BCUT2D eigenvalue weighted by atomic mass is 16.3. The minimum Gasteiger partial charge on any atom is -0.391 e. The van der Waals surface area contributed by atoms with Gasteiger partial charge < -0.3 is 15.7 Å². The molecule has 0 bridgehead atoms. The van der Waals surface area contributed by atoms with E-state index in [1.54, 1.807) is 10.9 Å². The summed E-state index contributed by atoms with van der Waals surface area (Å²) in [5.41, 5.74) is 1.43. The number of aryl methyl sites for hydroxylation is 1. The lowest BCUT2D eigenvalue weighted by atomic mass is 10.0. The average molecular weight is 266 g/mol. The number of aliphatic hydroxyl groups excluding tert-OH is 1. The Morgan fingerprint density at radius 2 is 2.37 bits per heavy atom. The molecular weight excluding hydrogens is 244 g/mol. The summed E-state index contributed by atoms with van der Waals surface area (Å²) in [6, 6.07) is 0. The molecular formula is C13H22N4O2. The van der Waals surface area contributed by atoms with Crippen LogP contribution < -0.4 is 10.6 Å². The van der Waals surface area contributed by atoms with Crippen LogP contribution in [0.15, 0.2) is 6.20 Å². The van der Waals surface area contributed by atoms with Gasteiger partial charge in [-0.15, -0.1) is 0 Å². The summed E-state index contributed by atoms with van der Waals surface area (Å²) >= 11 is 0. The Morgan fingerprint density at radius 1 is 1.63 bits per heavy atom. The first kappa shape index (κ1) is 14.0. The number of amides is 1. The molecule has 0 radical (unpaired) electrons. The van der Waals surface area contributed by atoms with Crippen molar-refractivity contribution >= 4 is 5.91 Å². The first-order valence-corrected chi connectivity index (χ1v) is 6.69. The number of β-amino-alcohol motifs (C(OH)–C–C–N with tert-alkyl or cyclic N) is 1. The summed E-state index contributed by atoms with van der Waals surface area (Å²) in [7, 11) is 1.81. The normalized spacial score (nSPS) is 23.0. The molecule has 1 aromatic rings. The van der Waals surface area contributed by atoms with Crippen LogP contribution in [-0.2, 0) is 7.05 Å². The van der Waals surface area contributed by atoms with E-state index in [0.29, 0.717) is 18.7 Å². The van der Waals surface area contributed by atoms with Crippen molar-refractivity contribution in [1.82, 2.24) is 20.4 Å². The van der Waals surface area contributed by atoms with Crippen molar-refractivity contribution in [2.24, 2.45) is 13.0 Å². The second-order valence-corrected chi connectivity index (χ2v) is 5.45. The summed E-state index contributed by atoms with van der Waals surface area (Å²) in [5.74, 6) is 0.180. The Labute approximate surface area is 113 Å². The van der Waals surface area contributed by atoms with Gasteiger partial charge in [-0.3, -0.25) is 9.48 Å². The van der Waals surface area contributed by atoms with Gasteiger partial charge in [0.05, 0.1) is 17.4 Å². The molecule has 2 atom stereocenters. The van der Waals surface area contributed by atoms with E-state index in [-0.39, 0.29) is 23.8 Å². The highest BCUT2D eigenvalue weighted by Crippen LogP contribution is 2.17. The molecule has 2 rings (SSSR count). The van der Waals surface area contributed by atoms with Crippen LogP contribution in [0.1, 0.15) is 35.8 Å². The van der Waals surface area contributed by atoms with Crippen molar-refractivity contribution in [2.45, 2.75) is 25.9 Å². The van der Waals surface area contributed by atoms with E-state index in [9.17, 15) is 9.90 Å². The van der Waals surface area contributed by atoms with Crippen LogP contribution in [0.4, 0.5) is 0 Å². The second-order valence-electron chi connectivity index (χ2n) is 5.45. The van der Waals surface area contributed by atoms with Gasteiger partial charge in [0.25, 0.3) is 5.91 Å². The SMILES string of the molecule is CC(C)c1nn(C)cc1C(=O)NCC1CNCC1O. The average Bonchev–Trinajstić information content (AvgIpc) is 2.92. The largest absolute Gasteiger partial charge is 0.391 e. The van der Waals surface area contributed by atoms with Crippen molar-refractivity contribution < 1.29 is 9.90 Å². The number of hydrogen-bond acceptors (Lipinski definition) is 4. The first-order chi connectivity index (χ1) is 8.99. The zero-order chi connectivity index (χ0) is 14.0. The molecule has 3 N–H and O–H groups in total. The first-order valence-electron chi connectivity index (χ1n) is 6.69. The number of hydrogen-bond donors (Lipinski definition) is 3. The van der Waals surface area contributed by atoms with E-state index in [4.69, 9.17) is 0 Å². The second kappa shape index (κ2) is 5.71. The van der Waals surface area contributed by atoms with Crippen LogP contribution in [0.3, 0.4) is 0 Å². The molecule has 19 heavy (non-hydrogen) atoms. The molecule has 0 aliphatic carbocycles. The van der Waals surface area contributed by atoms with Gasteiger partial charge in [-0.1, -0.05) is 13.8 Å². The van der Waals surface area contributed by atoms with Crippen LogP contribution in [0.5, 0.6) is 0 Å². The summed E-state index contributed by atoms with van der Waals surface area (Å²) in [4.78, 5) is 12.2. The lowest BCUT2D eigenvalue weighted by molar-refractivity contribution is 0.0925. The zero-order valence-electron chi connectivity index (χ0n) is 11.7. The van der Waals surface area contributed by atoms with Gasteiger partial charge in [0.15, 0.2) is 0 Å². The predicted octanol–water partition coefficient (Wildman–Crippen LogP) is -0.146. The maximum absolute atomic E-state index is 12.2. The minimum atomic E-state index is -0.376. The maximum Gasteiger partial charge on any atom is 0.254 e. The summed E-state index contributed by atoms with van der Waals surface area (Å²) in [5, 5.41) is 20.0. The lowest BCUT2D eigenvalue weighted by Crippen LogP contribution is -2.34. The van der Waals surface area contributed by atoms with Gasteiger partial charge >= 0.3 is 0 Å². The molecule has 6 heteroatoms. The summed E-state index contributed by atoms with van der Waals surface area (Å²) in [6.45, 7) is 5.86. The number of carbonyl (C=O) groups is 1. The number of nitrogens with one attached hydrogen (secondary N) is 2. The van der Waals surface area contributed by atoms with Crippen molar-refractivity contribution in [1.29, 1.82) is 0 Å². The lowest BCUT2D eigenvalue weighted by Gasteiger charge is -2.14. The number of aliphatic hydroxyl groups is 1. The van der Waals surface area contributed by atoms with Crippen LogP contribution in [-0.4, -0.2) is 46.5 Å². The van der Waals surface area contributed by atoms with Crippen molar-refractivity contribution in [3.63, 3.8) is 0 Å². The van der Waals surface area contributed by atoms with Crippen molar-refractivity contribution in [3.05, 3.63) is 17.5 Å². The molecule has 1 amide bonds. The molecule has 0 saturated carbocycles. The predicted molar refractivity (Wildman–Crippen MR) is 72.0 cm³/mol. The van der Waals surface area contributed by atoms with Crippen molar-refractivity contribution in [3.8, 4) is 0 Å². The van der Waals surface area contributed by atoms with Crippen LogP contribution in [0, 0.1) is 5.92 Å². The fraction of sp³-hybridized carbons (Fsp3) is 0.692. The van der Waals surface area contributed by atoms with E-state index in [1.165, 1.54) is 0 Å². The van der Waals surface area contributed by atoms with E-state index in [1.807, 2.05) is 20.9 Å². The Balaban J connectivity index is 1.99. The molecule has 1 aliphatic rings. The Morgan fingerprint density at radius 3 is 2.95 bits per heavy atom.